The first-order valence-electron chi connectivity index (χ1n) is 4.64. The van der Waals surface area contributed by atoms with Gasteiger partial charge in [-0.2, -0.15) is 5.10 Å². The van der Waals surface area contributed by atoms with Crippen molar-refractivity contribution < 1.29 is 9.90 Å². The number of carbonyl (C=O) groups is 1. The van der Waals surface area contributed by atoms with Gasteiger partial charge in [0.05, 0.1) is 6.54 Å². The average molecular weight is 192 g/mol. The molecule has 0 unspecified atom stereocenters. The number of aromatic nitrogens is 2. The topological polar surface area (TPSA) is 55.1 Å². The minimum Gasteiger partial charge on any atom is -0.476 e. The Kier molecular flexibility index (Phi) is 2.11. The summed E-state index contributed by atoms with van der Waals surface area (Å²) in [7, 11) is 0. The molecule has 2 rings (SSSR count). The first-order chi connectivity index (χ1) is 6.72. The normalized spacial score (nSPS) is 15.4. The molecule has 0 radical (unpaired) electrons. The lowest BCUT2D eigenvalue weighted by molar-refractivity contribution is 0.0689. The van der Waals surface area contributed by atoms with Crippen LogP contribution in [0.3, 0.4) is 0 Å². The van der Waals surface area contributed by atoms with Crippen LogP contribution in [0.25, 0.3) is 0 Å². The molecule has 0 aliphatic heterocycles. The fourth-order valence-electron chi connectivity index (χ4n) is 1.51. The van der Waals surface area contributed by atoms with Crippen molar-refractivity contribution in [2.24, 2.45) is 0 Å². The monoisotopic (exact) mass is 192 g/mol. The van der Waals surface area contributed by atoms with E-state index in [1.54, 1.807) is 16.8 Å². The van der Waals surface area contributed by atoms with Gasteiger partial charge in [-0.1, -0.05) is 6.08 Å². The van der Waals surface area contributed by atoms with Crippen molar-refractivity contribution >= 4 is 5.97 Å². The summed E-state index contributed by atoms with van der Waals surface area (Å²) in [6.07, 6.45) is 4.01. The van der Waals surface area contributed by atoms with Gasteiger partial charge >= 0.3 is 5.97 Å². The number of aromatic carboxylic acids is 1. The van der Waals surface area contributed by atoms with Crippen LogP contribution in [-0.2, 0) is 6.54 Å². The van der Waals surface area contributed by atoms with E-state index in [0.29, 0.717) is 12.5 Å². The summed E-state index contributed by atoms with van der Waals surface area (Å²) in [5.74, 6) is -0.453. The van der Waals surface area contributed by atoms with E-state index in [1.165, 1.54) is 0 Å². The number of rotatable bonds is 4. The zero-order chi connectivity index (χ0) is 10.1. The highest BCUT2D eigenvalue weighted by Gasteiger charge is 2.28. The molecule has 4 nitrogen and oxygen atoms in total. The summed E-state index contributed by atoms with van der Waals surface area (Å²) in [6.45, 7) is 4.21. The Labute approximate surface area is 81.9 Å². The molecule has 0 spiro atoms. The maximum Gasteiger partial charge on any atom is 0.356 e. The third-order valence-corrected chi connectivity index (χ3v) is 2.33. The third kappa shape index (κ3) is 1.55. The third-order valence-electron chi connectivity index (χ3n) is 2.33. The predicted molar refractivity (Wildman–Crippen MR) is 51.4 cm³/mol. The molecule has 1 aromatic heterocycles. The Hall–Kier alpha value is -1.58. The second-order valence-corrected chi connectivity index (χ2v) is 3.50. The van der Waals surface area contributed by atoms with E-state index in [9.17, 15) is 4.79 Å². The van der Waals surface area contributed by atoms with E-state index in [-0.39, 0.29) is 5.69 Å². The fourth-order valence-corrected chi connectivity index (χ4v) is 1.51. The van der Waals surface area contributed by atoms with E-state index >= 15 is 0 Å². The van der Waals surface area contributed by atoms with Gasteiger partial charge in [-0.15, -0.1) is 6.58 Å². The first-order valence-corrected chi connectivity index (χ1v) is 4.64. The summed E-state index contributed by atoms with van der Waals surface area (Å²) in [6, 6.07) is 1.67. The Balaban J connectivity index is 2.34. The van der Waals surface area contributed by atoms with Gasteiger partial charge in [0.25, 0.3) is 0 Å². The number of carboxylic acid groups (broad SMARTS) is 1. The van der Waals surface area contributed by atoms with Crippen molar-refractivity contribution in [3.63, 3.8) is 0 Å². The van der Waals surface area contributed by atoms with Crippen LogP contribution in [0.4, 0.5) is 0 Å². The van der Waals surface area contributed by atoms with Gasteiger partial charge in [0.1, 0.15) is 0 Å². The Morgan fingerprint density at radius 1 is 1.79 bits per heavy atom. The zero-order valence-electron chi connectivity index (χ0n) is 7.81. The molecule has 1 heterocycles. The maximum absolute atomic E-state index is 10.7. The van der Waals surface area contributed by atoms with E-state index in [4.69, 9.17) is 5.11 Å². The number of allylic oxidation sites excluding steroid dienone is 1. The summed E-state index contributed by atoms with van der Waals surface area (Å²) >= 11 is 0. The van der Waals surface area contributed by atoms with Crippen molar-refractivity contribution in [3.8, 4) is 0 Å². The zero-order valence-corrected chi connectivity index (χ0v) is 7.81. The van der Waals surface area contributed by atoms with Crippen LogP contribution in [0.2, 0.25) is 0 Å². The molecule has 1 saturated carbocycles. The number of nitrogens with zero attached hydrogens (tertiary/aromatic N) is 2. The molecule has 1 aliphatic carbocycles. The van der Waals surface area contributed by atoms with Gasteiger partial charge in [0.2, 0.25) is 0 Å². The smallest absolute Gasteiger partial charge is 0.356 e. The maximum atomic E-state index is 10.7. The minimum absolute atomic E-state index is 0.133. The summed E-state index contributed by atoms with van der Waals surface area (Å²) in [5.41, 5.74) is 1.16. The molecule has 1 aromatic rings. The van der Waals surface area contributed by atoms with Crippen molar-refractivity contribution in [1.82, 2.24) is 9.78 Å². The molecular formula is C10H12N2O2. The van der Waals surface area contributed by atoms with Crippen LogP contribution in [0.15, 0.2) is 18.7 Å². The van der Waals surface area contributed by atoms with E-state index in [2.05, 4.69) is 11.7 Å². The number of hydrogen-bond acceptors (Lipinski definition) is 2. The van der Waals surface area contributed by atoms with Crippen LogP contribution in [-0.4, -0.2) is 20.9 Å². The average Bonchev–Trinajstić information content (AvgIpc) is 2.89. The molecule has 74 valence electrons. The van der Waals surface area contributed by atoms with Gasteiger partial charge < -0.3 is 5.11 Å². The molecular weight excluding hydrogens is 180 g/mol. The Bertz CT molecular complexity index is 377. The molecule has 0 saturated heterocycles. The van der Waals surface area contributed by atoms with E-state index in [1.807, 2.05) is 0 Å². The molecule has 4 heteroatoms. The lowest BCUT2D eigenvalue weighted by Gasteiger charge is -2.01. The number of hydrogen-bond donors (Lipinski definition) is 1. The van der Waals surface area contributed by atoms with Crippen LogP contribution < -0.4 is 0 Å². The molecule has 0 atom stereocenters. The Morgan fingerprint density at radius 3 is 3.00 bits per heavy atom. The number of carboxylic acids is 1. The van der Waals surface area contributed by atoms with Gasteiger partial charge in [-0.05, 0) is 18.9 Å². The second-order valence-electron chi connectivity index (χ2n) is 3.50. The highest BCUT2D eigenvalue weighted by atomic mass is 16.4. The van der Waals surface area contributed by atoms with Gasteiger partial charge in [-0.3, -0.25) is 4.68 Å². The SMILES string of the molecule is C=CCn1nc(C(=O)O)cc1C1CC1. The largest absolute Gasteiger partial charge is 0.476 e. The predicted octanol–water partition coefficient (Wildman–Crippen LogP) is 1.64. The minimum atomic E-state index is -0.963. The molecule has 14 heavy (non-hydrogen) atoms. The van der Waals surface area contributed by atoms with Crippen LogP contribution >= 0.6 is 0 Å². The molecule has 1 N–H and O–H groups in total. The fraction of sp³-hybridized carbons (Fsp3) is 0.400. The quantitative estimate of drug-likeness (QED) is 0.738. The van der Waals surface area contributed by atoms with Crippen molar-refractivity contribution in [2.45, 2.75) is 25.3 Å². The molecule has 0 amide bonds. The molecule has 1 aliphatic rings. The van der Waals surface area contributed by atoms with E-state index in [0.717, 1.165) is 18.5 Å². The van der Waals surface area contributed by atoms with Crippen molar-refractivity contribution in [2.75, 3.05) is 0 Å². The van der Waals surface area contributed by atoms with Crippen LogP contribution in [0, 0.1) is 0 Å². The lowest BCUT2D eigenvalue weighted by Crippen LogP contribution is -2.04. The van der Waals surface area contributed by atoms with Crippen molar-refractivity contribution in [1.29, 1.82) is 0 Å². The summed E-state index contributed by atoms with van der Waals surface area (Å²) < 4.78 is 1.73. The van der Waals surface area contributed by atoms with E-state index < -0.39 is 5.97 Å². The van der Waals surface area contributed by atoms with Gasteiger partial charge in [0, 0.05) is 11.6 Å². The van der Waals surface area contributed by atoms with Gasteiger partial charge in [-0.25, -0.2) is 4.79 Å². The second kappa shape index (κ2) is 3.29. The van der Waals surface area contributed by atoms with Crippen molar-refractivity contribution in [3.05, 3.63) is 30.1 Å². The van der Waals surface area contributed by atoms with Crippen LogP contribution in [0.1, 0.15) is 34.9 Å². The highest BCUT2D eigenvalue weighted by molar-refractivity contribution is 5.85. The standard InChI is InChI=1S/C10H12N2O2/c1-2-5-12-9(7-3-4-7)6-8(11-12)10(13)14/h2,6-7H,1,3-5H2,(H,13,14). The highest BCUT2D eigenvalue weighted by Crippen LogP contribution is 2.40. The summed E-state index contributed by atoms with van der Waals surface area (Å²) in [4.78, 5) is 10.7. The molecule has 0 bridgehead atoms. The van der Waals surface area contributed by atoms with Crippen LogP contribution in [0.5, 0.6) is 0 Å². The van der Waals surface area contributed by atoms with Gasteiger partial charge in [0.15, 0.2) is 5.69 Å². The first kappa shape index (κ1) is 8.99. The lowest BCUT2D eigenvalue weighted by atomic mass is 10.2. The molecule has 0 aromatic carbocycles. The Morgan fingerprint density at radius 2 is 2.50 bits per heavy atom. The summed E-state index contributed by atoms with van der Waals surface area (Å²) in [5, 5.41) is 12.8. The molecule has 1 fully saturated rings.